The molecule has 0 amide bonds. The lowest BCUT2D eigenvalue weighted by atomic mass is 10.4. The maximum absolute atomic E-state index is 8.99. The Balaban J connectivity index is 3.97. The highest BCUT2D eigenvalue weighted by Crippen LogP contribution is 2.46. The second kappa shape index (κ2) is 5.49. The van der Waals surface area contributed by atoms with Gasteiger partial charge < -0.3 is 0 Å². The average molecular weight is 173 g/mol. The standard InChI is InChI=1S/C9H19NS/c1-4-7-8-11(5-2,6-3)9-10/h4-8H2,1-3H3. The Hall–Kier alpha value is -0.160. The summed E-state index contributed by atoms with van der Waals surface area (Å²) in [4.78, 5) is 0. The molecule has 2 heteroatoms. The lowest BCUT2D eigenvalue weighted by Crippen LogP contribution is -2.07. The Morgan fingerprint density at radius 1 is 1.18 bits per heavy atom. The molecule has 0 spiro atoms. The summed E-state index contributed by atoms with van der Waals surface area (Å²) in [5, 5.41) is 11.5. The number of unbranched alkanes of at least 4 members (excludes halogenated alkanes) is 1. The Morgan fingerprint density at radius 2 is 1.73 bits per heavy atom. The van der Waals surface area contributed by atoms with Crippen molar-refractivity contribution in [2.75, 3.05) is 17.3 Å². The van der Waals surface area contributed by atoms with Crippen molar-refractivity contribution in [1.82, 2.24) is 0 Å². The van der Waals surface area contributed by atoms with Crippen LogP contribution in [0.4, 0.5) is 0 Å². The molecule has 0 aromatic rings. The van der Waals surface area contributed by atoms with Crippen molar-refractivity contribution in [2.45, 2.75) is 33.6 Å². The molecule has 0 aliphatic rings. The quantitative estimate of drug-likeness (QED) is 0.586. The van der Waals surface area contributed by atoms with Gasteiger partial charge in [0.05, 0.1) is 0 Å². The molecule has 0 unspecified atom stereocenters. The zero-order valence-electron chi connectivity index (χ0n) is 7.89. The Morgan fingerprint density at radius 3 is 2.00 bits per heavy atom. The fourth-order valence-corrected chi connectivity index (χ4v) is 3.26. The highest BCUT2D eigenvalue weighted by Gasteiger charge is 2.17. The summed E-state index contributed by atoms with van der Waals surface area (Å²) in [5.74, 6) is 3.33. The minimum absolute atomic E-state index is 0.867. The van der Waals surface area contributed by atoms with E-state index < -0.39 is 10.0 Å². The first-order valence-corrected chi connectivity index (χ1v) is 6.56. The minimum atomic E-state index is -0.867. The molecule has 0 saturated heterocycles. The summed E-state index contributed by atoms with van der Waals surface area (Å²) < 4.78 is 0. The second-order valence-corrected chi connectivity index (χ2v) is 6.61. The maximum Gasteiger partial charge on any atom is 0.113 e. The number of rotatable bonds is 5. The highest BCUT2D eigenvalue weighted by atomic mass is 32.3. The maximum atomic E-state index is 8.99. The molecule has 0 atom stereocenters. The van der Waals surface area contributed by atoms with Gasteiger partial charge in [-0.2, -0.15) is 15.3 Å². The van der Waals surface area contributed by atoms with Crippen molar-refractivity contribution in [2.24, 2.45) is 0 Å². The summed E-state index contributed by atoms with van der Waals surface area (Å²) in [6.45, 7) is 6.49. The van der Waals surface area contributed by atoms with Crippen molar-refractivity contribution >= 4 is 10.0 Å². The molecule has 0 heterocycles. The topological polar surface area (TPSA) is 23.8 Å². The summed E-state index contributed by atoms with van der Waals surface area (Å²) in [6.07, 6.45) is 2.45. The summed E-state index contributed by atoms with van der Waals surface area (Å²) >= 11 is 0. The average Bonchev–Trinajstić information content (AvgIpc) is 2.08. The van der Waals surface area contributed by atoms with Gasteiger partial charge in [0.25, 0.3) is 0 Å². The lowest BCUT2D eigenvalue weighted by molar-refractivity contribution is 0.891. The predicted molar refractivity (Wildman–Crippen MR) is 54.1 cm³/mol. The van der Waals surface area contributed by atoms with Gasteiger partial charge in [-0.3, -0.25) is 0 Å². The molecule has 11 heavy (non-hydrogen) atoms. The van der Waals surface area contributed by atoms with Crippen LogP contribution in [0.5, 0.6) is 0 Å². The number of nitrogens with zero attached hydrogens (tertiary/aromatic N) is 1. The molecule has 66 valence electrons. The molecule has 0 saturated carbocycles. The van der Waals surface area contributed by atoms with Crippen LogP contribution in [-0.2, 0) is 0 Å². The Kier molecular flexibility index (Phi) is 5.41. The van der Waals surface area contributed by atoms with Gasteiger partial charge in [0, 0.05) is 0 Å². The first-order valence-electron chi connectivity index (χ1n) is 4.42. The van der Waals surface area contributed by atoms with Crippen LogP contribution in [0.15, 0.2) is 0 Å². The number of nitriles is 1. The van der Waals surface area contributed by atoms with Gasteiger partial charge in [-0.25, -0.2) is 0 Å². The molecule has 1 nitrogen and oxygen atoms in total. The lowest BCUT2D eigenvalue weighted by Gasteiger charge is -2.29. The summed E-state index contributed by atoms with van der Waals surface area (Å²) in [6, 6.07) is 0. The molecule has 0 aromatic heterocycles. The van der Waals surface area contributed by atoms with Crippen molar-refractivity contribution in [3.8, 4) is 5.40 Å². The first-order chi connectivity index (χ1) is 5.24. The SMILES string of the molecule is CCCCS(C#N)(CC)CC. The van der Waals surface area contributed by atoms with E-state index in [9.17, 15) is 0 Å². The minimum Gasteiger partial charge on any atom is -0.187 e. The Bertz CT molecular complexity index is 133. The van der Waals surface area contributed by atoms with Crippen LogP contribution >= 0.6 is 10.0 Å². The van der Waals surface area contributed by atoms with Crippen LogP contribution in [0, 0.1) is 10.7 Å². The van der Waals surface area contributed by atoms with E-state index in [0.29, 0.717) is 0 Å². The second-order valence-electron chi connectivity index (χ2n) is 2.77. The molecule has 0 bridgehead atoms. The van der Waals surface area contributed by atoms with Crippen molar-refractivity contribution in [3.63, 3.8) is 0 Å². The molecule has 0 rings (SSSR count). The number of thiocyanates is 1. The van der Waals surface area contributed by atoms with Gasteiger partial charge in [-0.05, 0) is 23.7 Å². The van der Waals surface area contributed by atoms with Crippen molar-refractivity contribution in [1.29, 1.82) is 5.26 Å². The van der Waals surface area contributed by atoms with Gasteiger partial charge in [0.15, 0.2) is 0 Å². The van der Waals surface area contributed by atoms with E-state index in [2.05, 4.69) is 26.2 Å². The Labute approximate surface area is 72.1 Å². The molecular weight excluding hydrogens is 154 g/mol. The van der Waals surface area contributed by atoms with Crippen LogP contribution in [0.3, 0.4) is 0 Å². The highest BCUT2D eigenvalue weighted by molar-refractivity contribution is 8.37. The monoisotopic (exact) mass is 173 g/mol. The normalized spacial score (nSPS) is 12.5. The molecule has 0 aliphatic heterocycles. The van der Waals surface area contributed by atoms with E-state index in [-0.39, 0.29) is 0 Å². The van der Waals surface area contributed by atoms with E-state index in [1.165, 1.54) is 12.8 Å². The molecule has 0 aliphatic carbocycles. The third-order valence-corrected chi connectivity index (χ3v) is 5.86. The molecule has 0 fully saturated rings. The van der Waals surface area contributed by atoms with E-state index in [1.807, 2.05) is 0 Å². The largest absolute Gasteiger partial charge is 0.187 e. The van der Waals surface area contributed by atoms with Crippen LogP contribution in [0.2, 0.25) is 0 Å². The number of hydrogen-bond donors (Lipinski definition) is 0. The van der Waals surface area contributed by atoms with Crippen LogP contribution in [-0.4, -0.2) is 17.3 Å². The van der Waals surface area contributed by atoms with E-state index in [0.717, 1.165) is 17.3 Å². The van der Waals surface area contributed by atoms with Gasteiger partial charge in [-0.1, -0.05) is 27.2 Å². The molecule has 0 aromatic carbocycles. The molecule has 0 radical (unpaired) electrons. The van der Waals surface area contributed by atoms with Crippen LogP contribution in [0.25, 0.3) is 0 Å². The smallest absolute Gasteiger partial charge is 0.113 e. The van der Waals surface area contributed by atoms with Gasteiger partial charge >= 0.3 is 0 Å². The summed E-state index contributed by atoms with van der Waals surface area (Å²) in [5.41, 5.74) is 0. The van der Waals surface area contributed by atoms with Crippen LogP contribution in [0.1, 0.15) is 33.6 Å². The van der Waals surface area contributed by atoms with Gasteiger partial charge in [0.2, 0.25) is 0 Å². The van der Waals surface area contributed by atoms with Crippen molar-refractivity contribution < 1.29 is 0 Å². The fraction of sp³-hybridized carbons (Fsp3) is 0.889. The third-order valence-electron chi connectivity index (χ3n) is 2.19. The number of hydrogen-bond acceptors (Lipinski definition) is 1. The van der Waals surface area contributed by atoms with Gasteiger partial charge in [0.1, 0.15) is 5.40 Å². The summed E-state index contributed by atoms with van der Waals surface area (Å²) in [7, 11) is -0.867. The predicted octanol–water partition coefficient (Wildman–Crippen LogP) is 3.11. The zero-order chi connectivity index (χ0) is 8.74. The van der Waals surface area contributed by atoms with Gasteiger partial charge in [-0.15, -0.1) is 0 Å². The zero-order valence-corrected chi connectivity index (χ0v) is 8.71. The molecular formula is C9H19NS. The van der Waals surface area contributed by atoms with E-state index >= 15 is 0 Å². The van der Waals surface area contributed by atoms with Crippen LogP contribution < -0.4 is 0 Å². The third kappa shape index (κ3) is 3.16. The first kappa shape index (κ1) is 10.8. The van der Waals surface area contributed by atoms with E-state index in [1.54, 1.807) is 0 Å². The molecule has 0 N–H and O–H groups in total. The fourth-order valence-electron chi connectivity index (χ4n) is 1.09. The van der Waals surface area contributed by atoms with E-state index in [4.69, 9.17) is 5.26 Å². The van der Waals surface area contributed by atoms with Crippen molar-refractivity contribution in [3.05, 3.63) is 0 Å².